The molecule has 0 aliphatic rings. The van der Waals surface area contributed by atoms with E-state index in [1.807, 2.05) is 0 Å². The fraction of sp³-hybridized carbons (Fsp3) is 0.333. The summed E-state index contributed by atoms with van der Waals surface area (Å²) >= 11 is 0. The highest BCUT2D eigenvalue weighted by Crippen LogP contribution is 1.86. The van der Waals surface area contributed by atoms with Gasteiger partial charge in [-0.25, -0.2) is 9.78 Å². The van der Waals surface area contributed by atoms with E-state index in [-0.39, 0.29) is 25.7 Å². The SMILES string of the molecule is Cl.O=C(O)COCn1ccnc1. The van der Waals surface area contributed by atoms with Crippen molar-refractivity contribution in [1.29, 1.82) is 0 Å². The van der Waals surface area contributed by atoms with Gasteiger partial charge in [-0.2, -0.15) is 0 Å². The van der Waals surface area contributed by atoms with Crippen molar-refractivity contribution in [2.45, 2.75) is 6.73 Å². The van der Waals surface area contributed by atoms with E-state index in [9.17, 15) is 4.79 Å². The summed E-state index contributed by atoms with van der Waals surface area (Å²) in [5.74, 6) is -0.967. The number of halogens is 1. The molecule has 1 aromatic rings. The molecule has 0 amide bonds. The van der Waals surface area contributed by atoms with E-state index in [1.165, 1.54) is 0 Å². The normalized spacial score (nSPS) is 9.00. The highest BCUT2D eigenvalue weighted by atomic mass is 35.5. The standard InChI is InChI=1S/C6H8N2O3.ClH/c9-6(10)3-11-5-8-2-1-7-4-8;/h1-2,4H,3,5H2,(H,9,10);1H. The Morgan fingerprint density at radius 2 is 2.42 bits per heavy atom. The zero-order valence-electron chi connectivity index (χ0n) is 6.21. The first-order valence-corrected chi connectivity index (χ1v) is 3.04. The molecule has 0 unspecified atom stereocenters. The molecule has 0 bridgehead atoms. The maximum atomic E-state index is 9.98. The number of aromatic nitrogens is 2. The summed E-state index contributed by atoms with van der Waals surface area (Å²) in [5.41, 5.74) is 0. The maximum absolute atomic E-state index is 9.98. The molecule has 0 aliphatic heterocycles. The summed E-state index contributed by atoms with van der Waals surface area (Å²) in [6, 6.07) is 0. The van der Waals surface area contributed by atoms with Crippen molar-refractivity contribution in [2.24, 2.45) is 0 Å². The van der Waals surface area contributed by atoms with Crippen LogP contribution in [-0.4, -0.2) is 27.2 Å². The lowest BCUT2D eigenvalue weighted by atomic mass is 10.7. The molecule has 1 rings (SSSR count). The second-order valence-electron chi connectivity index (χ2n) is 1.95. The zero-order chi connectivity index (χ0) is 8.10. The molecule has 1 heterocycles. The summed E-state index contributed by atoms with van der Waals surface area (Å²) < 4.78 is 6.40. The van der Waals surface area contributed by atoms with Crippen LogP contribution in [0.15, 0.2) is 18.7 Å². The minimum absolute atomic E-state index is 0. The second kappa shape index (κ2) is 5.56. The van der Waals surface area contributed by atoms with E-state index in [2.05, 4.69) is 4.98 Å². The van der Waals surface area contributed by atoms with Gasteiger partial charge in [0.1, 0.15) is 13.3 Å². The van der Waals surface area contributed by atoms with E-state index in [0.717, 1.165) is 0 Å². The Hall–Kier alpha value is -1.07. The van der Waals surface area contributed by atoms with E-state index < -0.39 is 5.97 Å². The number of rotatable bonds is 4. The van der Waals surface area contributed by atoms with Gasteiger partial charge < -0.3 is 14.4 Å². The largest absolute Gasteiger partial charge is 0.480 e. The first kappa shape index (κ1) is 10.9. The predicted octanol–water partition coefficient (Wildman–Crippen LogP) is 0.364. The van der Waals surface area contributed by atoms with Gasteiger partial charge in [-0.05, 0) is 0 Å². The Bertz CT molecular complexity index is 225. The number of carbonyl (C=O) groups is 1. The molecule has 0 aromatic carbocycles. The number of hydrogen-bond donors (Lipinski definition) is 1. The van der Waals surface area contributed by atoms with Gasteiger partial charge in [0.2, 0.25) is 0 Å². The van der Waals surface area contributed by atoms with Crippen molar-refractivity contribution in [3.05, 3.63) is 18.7 Å². The molecule has 6 heteroatoms. The molecule has 68 valence electrons. The van der Waals surface area contributed by atoms with Crippen LogP contribution in [0.25, 0.3) is 0 Å². The molecule has 0 radical (unpaired) electrons. The minimum Gasteiger partial charge on any atom is -0.480 e. The van der Waals surface area contributed by atoms with E-state index in [4.69, 9.17) is 9.84 Å². The smallest absolute Gasteiger partial charge is 0.329 e. The number of hydrogen-bond acceptors (Lipinski definition) is 3. The van der Waals surface area contributed by atoms with Crippen LogP contribution in [0.5, 0.6) is 0 Å². The van der Waals surface area contributed by atoms with Crippen molar-refractivity contribution in [3.63, 3.8) is 0 Å². The lowest BCUT2D eigenvalue weighted by Crippen LogP contribution is -2.09. The molecular formula is C6H9ClN2O3. The second-order valence-corrected chi connectivity index (χ2v) is 1.95. The Balaban J connectivity index is 0.00000121. The monoisotopic (exact) mass is 192 g/mol. The molecule has 0 spiro atoms. The molecule has 5 nitrogen and oxygen atoms in total. The van der Waals surface area contributed by atoms with Crippen LogP contribution in [0, 0.1) is 0 Å². The summed E-state index contributed by atoms with van der Waals surface area (Å²) in [4.78, 5) is 13.7. The van der Waals surface area contributed by atoms with Crippen molar-refractivity contribution >= 4 is 18.4 Å². The first-order chi connectivity index (χ1) is 5.29. The quantitative estimate of drug-likeness (QED) is 0.749. The van der Waals surface area contributed by atoms with E-state index >= 15 is 0 Å². The van der Waals surface area contributed by atoms with Crippen LogP contribution in [0.3, 0.4) is 0 Å². The molecule has 0 atom stereocenters. The molecule has 0 saturated carbocycles. The highest BCUT2D eigenvalue weighted by molar-refractivity contribution is 5.85. The minimum atomic E-state index is -0.967. The summed E-state index contributed by atoms with van der Waals surface area (Å²) in [6.07, 6.45) is 4.85. The van der Waals surface area contributed by atoms with Crippen LogP contribution in [0.1, 0.15) is 0 Å². The van der Waals surface area contributed by atoms with Gasteiger partial charge in [-0.3, -0.25) is 0 Å². The van der Waals surface area contributed by atoms with E-state index in [1.54, 1.807) is 23.3 Å². The van der Waals surface area contributed by atoms with Crippen molar-refractivity contribution in [3.8, 4) is 0 Å². The first-order valence-electron chi connectivity index (χ1n) is 3.04. The molecule has 1 aromatic heterocycles. The van der Waals surface area contributed by atoms with Crippen molar-refractivity contribution in [2.75, 3.05) is 6.61 Å². The third kappa shape index (κ3) is 3.95. The Morgan fingerprint density at radius 1 is 1.67 bits per heavy atom. The van der Waals surface area contributed by atoms with Crippen molar-refractivity contribution in [1.82, 2.24) is 9.55 Å². The Labute approximate surface area is 75.4 Å². The van der Waals surface area contributed by atoms with Crippen LogP contribution in [0.4, 0.5) is 0 Å². The van der Waals surface area contributed by atoms with Crippen LogP contribution < -0.4 is 0 Å². The average Bonchev–Trinajstić information content (AvgIpc) is 2.39. The van der Waals surface area contributed by atoms with Crippen LogP contribution >= 0.6 is 12.4 Å². The summed E-state index contributed by atoms with van der Waals surface area (Å²) in [6.45, 7) is -0.0511. The summed E-state index contributed by atoms with van der Waals surface area (Å²) in [5, 5.41) is 8.19. The van der Waals surface area contributed by atoms with Gasteiger partial charge in [-0.15, -0.1) is 12.4 Å². The molecule has 12 heavy (non-hydrogen) atoms. The lowest BCUT2D eigenvalue weighted by Gasteiger charge is -1.99. The zero-order valence-corrected chi connectivity index (χ0v) is 7.03. The fourth-order valence-electron chi connectivity index (χ4n) is 0.601. The Kier molecular flexibility index (Phi) is 5.07. The van der Waals surface area contributed by atoms with Gasteiger partial charge >= 0.3 is 5.97 Å². The molecule has 0 saturated heterocycles. The van der Waals surface area contributed by atoms with Gasteiger partial charge in [-0.1, -0.05) is 0 Å². The number of nitrogens with zero attached hydrogens (tertiary/aromatic N) is 2. The molecule has 0 aliphatic carbocycles. The van der Waals surface area contributed by atoms with Crippen molar-refractivity contribution < 1.29 is 14.6 Å². The van der Waals surface area contributed by atoms with Gasteiger partial charge in [0, 0.05) is 12.4 Å². The lowest BCUT2D eigenvalue weighted by molar-refractivity contribution is -0.143. The van der Waals surface area contributed by atoms with Crippen LogP contribution in [0.2, 0.25) is 0 Å². The maximum Gasteiger partial charge on any atom is 0.329 e. The molecular weight excluding hydrogens is 184 g/mol. The molecule has 1 N–H and O–H groups in total. The Morgan fingerprint density at radius 3 is 2.92 bits per heavy atom. The number of carboxylic acids is 1. The summed E-state index contributed by atoms with van der Waals surface area (Å²) in [7, 11) is 0. The highest BCUT2D eigenvalue weighted by Gasteiger charge is 1.95. The topological polar surface area (TPSA) is 64.3 Å². The number of carboxylic acid groups (broad SMARTS) is 1. The van der Waals surface area contributed by atoms with Crippen LogP contribution in [-0.2, 0) is 16.3 Å². The average molecular weight is 193 g/mol. The van der Waals surface area contributed by atoms with Gasteiger partial charge in [0.25, 0.3) is 0 Å². The number of ether oxygens (including phenoxy) is 1. The molecule has 0 fully saturated rings. The fourth-order valence-corrected chi connectivity index (χ4v) is 0.601. The predicted molar refractivity (Wildman–Crippen MR) is 43.1 cm³/mol. The number of imidazole rings is 1. The third-order valence-electron chi connectivity index (χ3n) is 1.03. The van der Waals surface area contributed by atoms with E-state index in [0.29, 0.717) is 0 Å². The van der Waals surface area contributed by atoms with Gasteiger partial charge in [0.05, 0.1) is 6.33 Å². The third-order valence-corrected chi connectivity index (χ3v) is 1.03. The number of aliphatic carboxylic acids is 1. The van der Waals surface area contributed by atoms with Gasteiger partial charge in [0.15, 0.2) is 0 Å².